The number of nitrogens with one attached hydrogen (secondary N) is 1. The molecule has 2 aliphatic heterocycles. The molecule has 0 aromatic heterocycles. The molecule has 2 aliphatic rings. The first-order valence-electron chi connectivity index (χ1n) is 10.4. The van der Waals surface area contributed by atoms with E-state index in [1.165, 1.54) is 0 Å². The Labute approximate surface area is 167 Å². The monoisotopic (exact) mass is 385 g/mol. The van der Waals surface area contributed by atoms with Crippen LogP contribution in [0.25, 0.3) is 0 Å². The first-order valence-corrected chi connectivity index (χ1v) is 10.4. The van der Waals surface area contributed by atoms with Gasteiger partial charge in [0, 0.05) is 49.6 Å². The number of piperidine rings is 2. The summed E-state index contributed by atoms with van der Waals surface area (Å²) in [6, 6.07) is 9.46. The van der Waals surface area contributed by atoms with Crippen molar-refractivity contribution >= 4 is 17.7 Å². The van der Waals surface area contributed by atoms with E-state index in [9.17, 15) is 14.4 Å². The highest BCUT2D eigenvalue weighted by atomic mass is 16.2. The van der Waals surface area contributed by atoms with Gasteiger partial charge in [-0.2, -0.15) is 0 Å². The van der Waals surface area contributed by atoms with Crippen LogP contribution in [0, 0.1) is 11.8 Å². The summed E-state index contributed by atoms with van der Waals surface area (Å²) in [4.78, 5) is 41.0. The smallest absolute Gasteiger partial charge is 0.253 e. The quantitative estimate of drug-likeness (QED) is 0.865. The first kappa shape index (κ1) is 20.4. The highest BCUT2D eigenvalue weighted by Crippen LogP contribution is 2.20. The molecule has 1 N–H and O–H groups in total. The highest BCUT2D eigenvalue weighted by molar-refractivity contribution is 5.94. The minimum absolute atomic E-state index is 0.00848. The third kappa shape index (κ3) is 4.91. The molecule has 1 aromatic rings. The van der Waals surface area contributed by atoms with E-state index >= 15 is 0 Å². The zero-order valence-electron chi connectivity index (χ0n) is 16.9. The lowest BCUT2D eigenvalue weighted by molar-refractivity contribution is -0.138. The van der Waals surface area contributed by atoms with Gasteiger partial charge in [-0.25, -0.2) is 0 Å². The van der Waals surface area contributed by atoms with E-state index < -0.39 is 0 Å². The Kier molecular flexibility index (Phi) is 6.70. The number of nitrogens with zero attached hydrogens (tertiary/aromatic N) is 2. The third-order valence-electron chi connectivity index (χ3n) is 5.82. The van der Waals surface area contributed by atoms with E-state index in [1.807, 2.05) is 54.0 Å². The van der Waals surface area contributed by atoms with Crippen LogP contribution in [-0.2, 0) is 9.59 Å². The second-order valence-corrected chi connectivity index (χ2v) is 8.20. The lowest BCUT2D eigenvalue weighted by Crippen LogP contribution is -2.49. The largest absolute Gasteiger partial charge is 0.353 e. The lowest BCUT2D eigenvalue weighted by Gasteiger charge is -2.35. The predicted molar refractivity (Wildman–Crippen MR) is 108 cm³/mol. The Bertz CT molecular complexity index is 688. The number of carbonyl (C=O) groups excluding carboxylic acids is 3. The molecule has 0 spiro atoms. The molecule has 2 heterocycles. The summed E-state index contributed by atoms with van der Waals surface area (Å²) < 4.78 is 0. The van der Waals surface area contributed by atoms with Gasteiger partial charge in [0.2, 0.25) is 11.8 Å². The van der Waals surface area contributed by atoms with Crippen LogP contribution in [0.3, 0.4) is 0 Å². The molecule has 0 bridgehead atoms. The third-order valence-corrected chi connectivity index (χ3v) is 5.82. The Balaban J connectivity index is 1.42. The number of amides is 3. The zero-order chi connectivity index (χ0) is 20.1. The van der Waals surface area contributed by atoms with Gasteiger partial charge >= 0.3 is 0 Å². The lowest BCUT2D eigenvalue weighted by atomic mass is 9.94. The average molecular weight is 386 g/mol. The SMILES string of the molecule is CC(C)C(=O)N1CCC(C(=O)NC2CCN(C(=O)c3ccccc3)CC2)CC1. The number of likely N-dealkylation sites (tertiary alicyclic amines) is 2. The van der Waals surface area contributed by atoms with Gasteiger partial charge in [-0.1, -0.05) is 32.0 Å². The number of rotatable bonds is 4. The van der Waals surface area contributed by atoms with Crippen LogP contribution in [-0.4, -0.2) is 59.7 Å². The first-order chi connectivity index (χ1) is 13.5. The Morgan fingerprint density at radius 3 is 2.04 bits per heavy atom. The number of benzene rings is 1. The minimum Gasteiger partial charge on any atom is -0.353 e. The van der Waals surface area contributed by atoms with Crippen molar-refractivity contribution in [1.29, 1.82) is 0 Å². The fourth-order valence-electron chi connectivity index (χ4n) is 4.04. The van der Waals surface area contributed by atoms with Gasteiger partial charge in [0.25, 0.3) is 5.91 Å². The van der Waals surface area contributed by atoms with E-state index in [2.05, 4.69) is 5.32 Å². The van der Waals surface area contributed by atoms with Crippen molar-refractivity contribution in [2.75, 3.05) is 26.2 Å². The summed E-state index contributed by atoms with van der Waals surface area (Å²) >= 11 is 0. The standard InChI is InChI=1S/C22H31N3O3/c1-16(2)21(27)24-12-8-17(9-13-24)20(26)23-19-10-14-25(15-11-19)22(28)18-6-4-3-5-7-18/h3-7,16-17,19H,8-15H2,1-2H3,(H,23,26). The Morgan fingerprint density at radius 2 is 1.46 bits per heavy atom. The summed E-state index contributed by atoms with van der Waals surface area (Å²) in [6.07, 6.45) is 3.04. The molecule has 28 heavy (non-hydrogen) atoms. The summed E-state index contributed by atoms with van der Waals surface area (Å²) in [5.74, 6) is 0.334. The van der Waals surface area contributed by atoms with Crippen LogP contribution in [0.1, 0.15) is 49.9 Å². The summed E-state index contributed by atoms with van der Waals surface area (Å²) in [5.41, 5.74) is 0.715. The van der Waals surface area contributed by atoms with Crippen LogP contribution in [0.15, 0.2) is 30.3 Å². The fourth-order valence-corrected chi connectivity index (χ4v) is 4.04. The van der Waals surface area contributed by atoms with Crippen LogP contribution >= 0.6 is 0 Å². The molecule has 0 unspecified atom stereocenters. The molecule has 0 atom stereocenters. The van der Waals surface area contributed by atoms with Gasteiger partial charge in [0.05, 0.1) is 0 Å². The molecule has 3 rings (SSSR count). The van der Waals surface area contributed by atoms with Crippen molar-refractivity contribution in [1.82, 2.24) is 15.1 Å². The van der Waals surface area contributed by atoms with Gasteiger partial charge < -0.3 is 15.1 Å². The molecule has 2 fully saturated rings. The maximum absolute atomic E-state index is 12.6. The molecular weight excluding hydrogens is 354 g/mol. The normalized spacial score (nSPS) is 19.0. The van der Waals surface area contributed by atoms with E-state index in [1.54, 1.807) is 0 Å². The van der Waals surface area contributed by atoms with Crippen LogP contribution in [0.4, 0.5) is 0 Å². The number of carbonyl (C=O) groups is 3. The van der Waals surface area contributed by atoms with Gasteiger partial charge in [0.1, 0.15) is 0 Å². The molecular formula is C22H31N3O3. The summed E-state index contributed by atoms with van der Waals surface area (Å²) in [5, 5.41) is 3.17. The van der Waals surface area contributed by atoms with E-state index in [-0.39, 0.29) is 35.6 Å². The van der Waals surface area contributed by atoms with Crippen molar-refractivity contribution in [3.63, 3.8) is 0 Å². The summed E-state index contributed by atoms with van der Waals surface area (Å²) in [6.45, 7) is 6.49. The number of hydrogen-bond donors (Lipinski definition) is 1. The molecule has 152 valence electrons. The number of hydrogen-bond acceptors (Lipinski definition) is 3. The van der Waals surface area contributed by atoms with Crippen LogP contribution in [0.5, 0.6) is 0 Å². The molecule has 0 radical (unpaired) electrons. The van der Waals surface area contributed by atoms with Crippen LogP contribution < -0.4 is 5.32 Å². The van der Waals surface area contributed by atoms with Gasteiger partial charge in [-0.05, 0) is 37.8 Å². The zero-order valence-corrected chi connectivity index (χ0v) is 16.9. The molecule has 0 saturated carbocycles. The maximum atomic E-state index is 12.6. The van der Waals surface area contributed by atoms with Crippen LogP contribution in [0.2, 0.25) is 0 Å². The van der Waals surface area contributed by atoms with Crippen molar-refractivity contribution in [3.05, 3.63) is 35.9 Å². The maximum Gasteiger partial charge on any atom is 0.253 e. The average Bonchev–Trinajstić information content (AvgIpc) is 2.74. The molecule has 6 nitrogen and oxygen atoms in total. The molecule has 0 aliphatic carbocycles. The molecule has 6 heteroatoms. The van der Waals surface area contributed by atoms with Crippen molar-refractivity contribution in [3.8, 4) is 0 Å². The summed E-state index contributed by atoms with van der Waals surface area (Å²) in [7, 11) is 0. The van der Waals surface area contributed by atoms with Crippen molar-refractivity contribution in [2.24, 2.45) is 11.8 Å². The molecule has 2 saturated heterocycles. The Morgan fingerprint density at radius 1 is 0.893 bits per heavy atom. The second kappa shape index (κ2) is 9.22. The topological polar surface area (TPSA) is 69.7 Å². The van der Waals surface area contributed by atoms with E-state index in [0.717, 1.165) is 25.7 Å². The molecule has 3 amide bonds. The second-order valence-electron chi connectivity index (χ2n) is 8.20. The highest BCUT2D eigenvalue weighted by Gasteiger charge is 2.30. The fraction of sp³-hybridized carbons (Fsp3) is 0.591. The minimum atomic E-state index is -0.0137. The molecule has 1 aromatic carbocycles. The van der Waals surface area contributed by atoms with Gasteiger partial charge in [-0.15, -0.1) is 0 Å². The van der Waals surface area contributed by atoms with E-state index in [4.69, 9.17) is 0 Å². The predicted octanol–water partition coefficient (Wildman–Crippen LogP) is 2.30. The van der Waals surface area contributed by atoms with Crippen molar-refractivity contribution < 1.29 is 14.4 Å². The van der Waals surface area contributed by atoms with Gasteiger partial charge in [-0.3, -0.25) is 14.4 Å². The van der Waals surface area contributed by atoms with E-state index in [0.29, 0.717) is 31.7 Å². The van der Waals surface area contributed by atoms with Crippen molar-refractivity contribution in [2.45, 2.75) is 45.6 Å². The van der Waals surface area contributed by atoms with Gasteiger partial charge in [0.15, 0.2) is 0 Å². The Hall–Kier alpha value is -2.37.